The first-order chi connectivity index (χ1) is 17.7. The average Bonchev–Trinajstić information content (AvgIpc) is 2.83. The fourth-order valence-electron chi connectivity index (χ4n) is 6.75. The third kappa shape index (κ3) is 5.08. The number of rotatable bonds is 12. The minimum atomic E-state index is -1.83. The minimum Gasteiger partial charge on any atom is -0.510 e. The van der Waals surface area contributed by atoms with Crippen LogP contribution in [0.5, 0.6) is 0 Å². The van der Waals surface area contributed by atoms with Gasteiger partial charge in [0.05, 0.1) is 18.4 Å². The zero-order valence-electron chi connectivity index (χ0n) is 25.0. The second-order valence-corrected chi connectivity index (χ2v) is 12.3. The molecule has 38 heavy (non-hydrogen) atoms. The highest BCUT2D eigenvalue weighted by Crippen LogP contribution is 2.68. The van der Waals surface area contributed by atoms with Crippen molar-refractivity contribution < 1.29 is 29.0 Å². The van der Waals surface area contributed by atoms with Crippen LogP contribution in [0.4, 0.5) is 0 Å². The summed E-state index contributed by atoms with van der Waals surface area (Å²) >= 11 is 0. The van der Waals surface area contributed by atoms with Crippen molar-refractivity contribution in [2.24, 2.45) is 28.1 Å². The van der Waals surface area contributed by atoms with Crippen LogP contribution in [0, 0.1) is 28.1 Å². The number of hydrogen-bond donors (Lipinski definition) is 1. The van der Waals surface area contributed by atoms with Gasteiger partial charge in [-0.05, 0) is 71.1 Å². The van der Waals surface area contributed by atoms with Crippen LogP contribution in [0.1, 0.15) is 107 Å². The predicted molar refractivity (Wildman–Crippen MR) is 149 cm³/mol. The van der Waals surface area contributed by atoms with E-state index in [9.17, 15) is 24.3 Å². The Morgan fingerprint density at radius 1 is 1.05 bits per heavy atom. The lowest BCUT2D eigenvalue weighted by molar-refractivity contribution is -0.188. The summed E-state index contributed by atoms with van der Waals surface area (Å²) in [7, 11) is 1.28. The first kappa shape index (κ1) is 31.7. The summed E-state index contributed by atoms with van der Waals surface area (Å²) in [5, 5.41) is 11.8. The molecule has 0 aromatic heterocycles. The molecule has 1 N–H and O–H groups in total. The van der Waals surface area contributed by atoms with Gasteiger partial charge in [0.15, 0.2) is 17.3 Å². The molecule has 2 rings (SSSR count). The zero-order chi connectivity index (χ0) is 29.1. The maximum atomic E-state index is 15.0. The quantitative estimate of drug-likeness (QED) is 0.126. The van der Waals surface area contributed by atoms with E-state index >= 15 is 0 Å². The maximum absolute atomic E-state index is 15.0. The molecule has 0 aromatic carbocycles. The van der Waals surface area contributed by atoms with Gasteiger partial charge in [0.25, 0.3) is 0 Å². The van der Waals surface area contributed by atoms with Gasteiger partial charge in [-0.15, -0.1) is 0 Å². The molecule has 1 saturated carbocycles. The molecule has 6 heteroatoms. The molecule has 0 saturated heterocycles. The van der Waals surface area contributed by atoms with Crippen molar-refractivity contribution in [3.05, 3.63) is 34.6 Å². The van der Waals surface area contributed by atoms with Gasteiger partial charge in [0.1, 0.15) is 16.7 Å². The Morgan fingerprint density at radius 2 is 1.66 bits per heavy atom. The minimum absolute atomic E-state index is 0.0770. The van der Waals surface area contributed by atoms with Crippen molar-refractivity contribution >= 4 is 23.3 Å². The van der Waals surface area contributed by atoms with E-state index in [1.54, 1.807) is 0 Å². The van der Waals surface area contributed by atoms with E-state index < -0.39 is 51.2 Å². The molecular weight excluding hydrogens is 480 g/mol. The maximum Gasteiger partial charge on any atom is 0.310 e. The van der Waals surface area contributed by atoms with Gasteiger partial charge in [0.2, 0.25) is 0 Å². The average molecular weight is 529 g/mol. The zero-order valence-corrected chi connectivity index (χ0v) is 25.0. The largest absolute Gasteiger partial charge is 0.510 e. The first-order valence-electron chi connectivity index (χ1n) is 14.1. The number of allylic oxidation sites excluding steroid dienone is 6. The number of aliphatic hydroxyl groups excluding tert-OH is 1. The van der Waals surface area contributed by atoms with Gasteiger partial charge in [0, 0.05) is 6.42 Å². The van der Waals surface area contributed by atoms with Gasteiger partial charge in [-0.25, -0.2) is 0 Å². The molecule has 1 fully saturated rings. The summed E-state index contributed by atoms with van der Waals surface area (Å²) in [6, 6.07) is 0. The van der Waals surface area contributed by atoms with E-state index in [1.165, 1.54) is 7.11 Å². The molecule has 2 aliphatic carbocycles. The van der Waals surface area contributed by atoms with E-state index in [4.69, 9.17) is 4.74 Å². The highest BCUT2D eigenvalue weighted by molar-refractivity contribution is 6.32. The molecule has 2 bridgehead atoms. The molecule has 0 amide bonds. The third-order valence-electron chi connectivity index (χ3n) is 8.98. The van der Waals surface area contributed by atoms with Gasteiger partial charge < -0.3 is 9.84 Å². The molecule has 0 heterocycles. The molecule has 1 unspecified atom stereocenters. The van der Waals surface area contributed by atoms with E-state index in [0.717, 1.165) is 17.6 Å². The van der Waals surface area contributed by atoms with Crippen LogP contribution in [0.2, 0.25) is 0 Å². The standard InChI is InChI=1S/C32H48O6/c1-10-12-14-23(28(36)38-9)32-27(35)25(24(33)13-11-2)26(34)31(29(32)37,18-17-21(5)6)19-22(30(32,7)8)16-15-20(3)4/h15,17,22-23,34H,10-14,16,18-19H2,1-9H3/t22-,23?,31+,32-/m0/s1. The van der Waals surface area contributed by atoms with Crippen LogP contribution in [-0.4, -0.2) is 35.5 Å². The molecule has 0 spiro atoms. The number of carbonyl (C=O) groups excluding carboxylic acids is 4. The number of ether oxygens (including phenoxy) is 1. The smallest absolute Gasteiger partial charge is 0.310 e. The number of carbonyl (C=O) groups is 4. The molecule has 212 valence electrons. The van der Waals surface area contributed by atoms with Gasteiger partial charge in [-0.3, -0.25) is 19.2 Å². The van der Waals surface area contributed by atoms with Crippen LogP contribution >= 0.6 is 0 Å². The second-order valence-electron chi connectivity index (χ2n) is 12.3. The van der Waals surface area contributed by atoms with Crippen molar-refractivity contribution in [1.29, 1.82) is 0 Å². The van der Waals surface area contributed by atoms with Crippen molar-refractivity contribution in [2.75, 3.05) is 7.11 Å². The van der Waals surface area contributed by atoms with Crippen molar-refractivity contribution in [1.82, 2.24) is 0 Å². The van der Waals surface area contributed by atoms with Crippen LogP contribution in [-0.2, 0) is 23.9 Å². The van der Waals surface area contributed by atoms with E-state index in [2.05, 4.69) is 6.08 Å². The van der Waals surface area contributed by atoms with Crippen LogP contribution < -0.4 is 0 Å². The Bertz CT molecular complexity index is 1050. The normalized spacial score (nSPS) is 27.0. The summed E-state index contributed by atoms with van der Waals surface area (Å²) in [6.45, 7) is 15.4. The summed E-state index contributed by atoms with van der Waals surface area (Å²) < 4.78 is 5.24. The lowest BCUT2D eigenvalue weighted by Crippen LogP contribution is -2.70. The number of fused-ring (bicyclic) bond motifs is 2. The number of esters is 1. The molecule has 0 aromatic rings. The molecule has 0 radical (unpaired) electrons. The Labute approximate surface area is 229 Å². The summed E-state index contributed by atoms with van der Waals surface area (Å²) in [5.41, 5.74) is -2.48. The van der Waals surface area contributed by atoms with Crippen LogP contribution in [0.25, 0.3) is 0 Å². The van der Waals surface area contributed by atoms with E-state index in [1.807, 2.05) is 61.5 Å². The number of aliphatic hydroxyl groups is 1. The lowest BCUT2D eigenvalue weighted by atomic mass is 9.37. The topological polar surface area (TPSA) is 97.7 Å². The number of hydrogen-bond acceptors (Lipinski definition) is 6. The summed E-state index contributed by atoms with van der Waals surface area (Å²) in [5.74, 6) is -3.89. The Hall–Kier alpha value is -2.50. The third-order valence-corrected chi connectivity index (χ3v) is 8.98. The number of unbranched alkanes of at least 4 members (excludes halogenated alkanes) is 1. The first-order valence-corrected chi connectivity index (χ1v) is 14.1. The lowest BCUT2D eigenvalue weighted by Gasteiger charge is -2.62. The molecule has 6 nitrogen and oxygen atoms in total. The summed E-state index contributed by atoms with van der Waals surface area (Å²) in [4.78, 5) is 56.6. The van der Waals surface area contributed by atoms with Gasteiger partial charge >= 0.3 is 5.97 Å². The number of Topliss-reactive ketones (excluding diaryl/α,β-unsaturated/α-hetero) is 3. The van der Waals surface area contributed by atoms with E-state index in [0.29, 0.717) is 19.3 Å². The van der Waals surface area contributed by atoms with Crippen molar-refractivity contribution in [3.63, 3.8) is 0 Å². The van der Waals surface area contributed by atoms with Gasteiger partial charge in [-0.1, -0.05) is 63.8 Å². The number of ketones is 3. The highest BCUT2D eigenvalue weighted by Gasteiger charge is 2.75. The summed E-state index contributed by atoms with van der Waals surface area (Å²) in [6.07, 6.45) is 7.26. The van der Waals surface area contributed by atoms with Crippen LogP contribution in [0.15, 0.2) is 34.6 Å². The Morgan fingerprint density at radius 3 is 2.16 bits per heavy atom. The number of methoxy groups -OCH3 is 1. The van der Waals surface area contributed by atoms with E-state index in [-0.39, 0.29) is 37.2 Å². The molecule has 4 atom stereocenters. The Balaban J connectivity index is 3.11. The molecule has 2 aliphatic rings. The van der Waals surface area contributed by atoms with Crippen molar-refractivity contribution in [2.45, 2.75) is 107 Å². The fourth-order valence-corrected chi connectivity index (χ4v) is 6.75. The second kappa shape index (κ2) is 12.1. The fraction of sp³-hybridized carbons (Fsp3) is 0.688. The monoisotopic (exact) mass is 528 g/mol. The Kier molecular flexibility index (Phi) is 10.1. The van der Waals surface area contributed by atoms with Crippen LogP contribution in [0.3, 0.4) is 0 Å². The SMILES string of the molecule is CCCCC(C(=O)OC)[C@@]12C(=O)C(C(=O)CCC)=C(O)[C@@](CC=C(C)C)(C[C@H](CC=C(C)C)C1(C)C)C2=O. The molecular formula is C32H48O6. The molecule has 0 aliphatic heterocycles. The van der Waals surface area contributed by atoms with Gasteiger partial charge in [-0.2, -0.15) is 0 Å². The predicted octanol–water partition coefficient (Wildman–Crippen LogP) is 7.03. The highest BCUT2D eigenvalue weighted by atomic mass is 16.5. The van der Waals surface area contributed by atoms with Crippen molar-refractivity contribution in [3.8, 4) is 0 Å².